The number of halogens is 3. The van der Waals surface area contributed by atoms with Gasteiger partial charge >= 0.3 is 6.18 Å². The van der Waals surface area contributed by atoms with Crippen molar-refractivity contribution in [2.75, 3.05) is 5.32 Å². The number of nitrogens with one attached hydrogen (secondary N) is 1. The lowest BCUT2D eigenvalue weighted by Gasteiger charge is -2.40. The van der Waals surface area contributed by atoms with Gasteiger partial charge in [0.15, 0.2) is 0 Å². The zero-order valence-electron chi connectivity index (χ0n) is 16.7. The highest BCUT2D eigenvalue weighted by atomic mass is 19.4. The van der Waals surface area contributed by atoms with Crippen LogP contribution >= 0.6 is 0 Å². The number of alkyl halides is 3. The third kappa shape index (κ3) is 3.79. The molecule has 0 radical (unpaired) electrons. The first kappa shape index (κ1) is 20.7. The number of benzene rings is 2. The van der Waals surface area contributed by atoms with E-state index in [2.05, 4.69) is 10.4 Å². The number of hydrogen-bond acceptors (Lipinski definition) is 3. The third-order valence-corrected chi connectivity index (χ3v) is 5.71. The minimum absolute atomic E-state index is 0.00601. The Bertz CT molecular complexity index is 1170. The summed E-state index contributed by atoms with van der Waals surface area (Å²) in [7, 11) is 0. The van der Waals surface area contributed by atoms with E-state index in [1.54, 1.807) is 17.1 Å². The Balaban J connectivity index is 1.61. The van der Waals surface area contributed by atoms with Crippen LogP contribution in [0, 0.1) is 18.3 Å². The van der Waals surface area contributed by atoms with Gasteiger partial charge in [0.2, 0.25) is 0 Å². The van der Waals surface area contributed by atoms with Gasteiger partial charge in [-0.15, -0.1) is 0 Å². The Hall–Kier alpha value is -3.60. The molecule has 5 nitrogen and oxygen atoms in total. The second kappa shape index (κ2) is 7.58. The maximum atomic E-state index is 13.2. The molecule has 4 rings (SSSR count). The molecular formula is C23H19F3N4O. The van der Waals surface area contributed by atoms with Crippen LogP contribution in [0.4, 0.5) is 18.9 Å². The van der Waals surface area contributed by atoms with Gasteiger partial charge in [0.1, 0.15) is 5.54 Å². The van der Waals surface area contributed by atoms with E-state index in [0.29, 0.717) is 12.8 Å². The van der Waals surface area contributed by atoms with Crippen molar-refractivity contribution < 1.29 is 18.0 Å². The molecule has 0 bridgehead atoms. The summed E-state index contributed by atoms with van der Waals surface area (Å²) in [5, 5.41) is 15.9. The van der Waals surface area contributed by atoms with E-state index in [1.165, 1.54) is 12.1 Å². The molecule has 1 N–H and O–H groups in total. The van der Waals surface area contributed by atoms with Crippen molar-refractivity contribution in [1.29, 1.82) is 5.26 Å². The van der Waals surface area contributed by atoms with E-state index in [9.17, 15) is 18.0 Å². The molecule has 1 amide bonds. The van der Waals surface area contributed by atoms with Gasteiger partial charge in [-0.05, 0) is 49.9 Å². The molecule has 31 heavy (non-hydrogen) atoms. The number of carbonyl (C=O) groups excluding carboxylic acids is 1. The van der Waals surface area contributed by atoms with Gasteiger partial charge in [-0.3, -0.25) is 9.48 Å². The topological polar surface area (TPSA) is 70.7 Å². The summed E-state index contributed by atoms with van der Waals surface area (Å²) in [6, 6.07) is 12.6. The first-order valence-corrected chi connectivity index (χ1v) is 9.78. The predicted molar refractivity (Wildman–Crippen MR) is 109 cm³/mol. The maximum absolute atomic E-state index is 13.2. The Labute approximate surface area is 177 Å². The number of anilines is 1. The lowest BCUT2D eigenvalue weighted by atomic mass is 9.76. The minimum atomic E-state index is -4.69. The van der Waals surface area contributed by atoms with Gasteiger partial charge in [-0.1, -0.05) is 29.8 Å². The Kier molecular flexibility index (Phi) is 5.05. The van der Waals surface area contributed by atoms with Crippen LogP contribution in [0.3, 0.4) is 0 Å². The number of rotatable bonds is 4. The van der Waals surface area contributed by atoms with Gasteiger partial charge in [-0.2, -0.15) is 23.5 Å². The summed E-state index contributed by atoms with van der Waals surface area (Å²) in [6.45, 7) is 1.99. The highest BCUT2D eigenvalue weighted by Gasteiger charge is 2.47. The van der Waals surface area contributed by atoms with E-state index >= 15 is 0 Å². The van der Waals surface area contributed by atoms with Crippen molar-refractivity contribution in [2.45, 2.75) is 37.9 Å². The summed E-state index contributed by atoms with van der Waals surface area (Å²) in [5.41, 5.74) is 0.440. The molecule has 0 unspecified atom stereocenters. The molecule has 2 aromatic carbocycles. The highest BCUT2D eigenvalue weighted by Crippen LogP contribution is 2.41. The van der Waals surface area contributed by atoms with Crippen molar-refractivity contribution in [3.63, 3.8) is 0 Å². The zero-order chi connectivity index (χ0) is 22.2. The fourth-order valence-corrected chi connectivity index (χ4v) is 3.73. The van der Waals surface area contributed by atoms with Crippen LogP contribution in [0.1, 0.15) is 36.0 Å². The molecule has 1 fully saturated rings. The molecule has 0 saturated heterocycles. The number of aryl methyl sites for hydroxylation is 1. The van der Waals surface area contributed by atoms with Crippen LogP contribution in [0.5, 0.6) is 0 Å². The summed E-state index contributed by atoms with van der Waals surface area (Å²) in [5.74, 6) is -0.421. The second-order valence-corrected chi connectivity index (χ2v) is 7.75. The SMILES string of the molecule is Cc1ccc(-c2cnn(C3(C(=O)Nc4ccc(C#N)c(C(F)(F)F)c4)CCC3)c2)cc1. The highest BCUT2D eigenvalue weighted by molar-refractivity contribution is 5.97. The number of nitrogens with zero attached hydrogens (tertiary/aromatic N) is 3. The zero-order valence-corrected chi connectivity index (χ0v) is 16.7. The van der Waals surface area contributed by atoms with Crippen molar-refractivity contribution in [1.82, 2.24) is 9.78 Å². The fraction of sp³-hybridized carbons (Fsp3) is 0.261. The van der Waals surface area contributed by atoms with Crippen molar-refractivity contribution in [3.05, 3.63) is 71.5 Å². The molecule has 0 aliphatic heterocycles. The van der Waals surface area contributed by atoms with Gasteiger partial charge in [0, 0.05) is 17.4 Å². The minimum Gasteiger partial charge on any atom is -0.324 e. The summed E-state index contributed by atoms with van der Waals surface area (Å²) >= 11 is 0. The molecule has 158 valence electrons. The quantitative estimate of drug-likeness (QED) is 0.621. The molecule has 1 aliphatic rings. The number of aromatic nitrogens is 2. The van der Waals surface area contributed by atoms with Crippen molar-refractivity contribution >= 4 is 11.6 Å². The molecular weight excluding hydrogens is 405 g/mol. The van der Waals surface area contributed by atoms with Crippen molar-refractivity contribution in [3.8, 4) is 17.2 Å². The number of hydrogen-bond donors (Lipinski definition) is 1. The molecule has 1 saturated carbocycles. The summed E-state index contributed by atoms with van der Waals surface area (Å²) < 4.78 is 41.3. The third-order valence-electron chi connectivity index (χ3n) is 5.71. The van der Waals surface area contributed by atoms with Crippen LogP contribution < -0.4 is 5.32 Å². The smallest absolute Gasteiger partial charge is 0.324 e. The lowest BCUT2D eigenvalue weighted by molar-refractivity contribution is -0.137. The Morgan fingerprint density at radius 3 is 2.45 bits per heavy atom. The van der Waals surface area contributed by atoms with Crippen LogP contribution in [-0.2, 0) is 16.5 Å². The first-order chi connectivity index (χ1) is 14.7. The molecule has 1 aliphatic carbocycles. The lowest BCUT2D eigenvalue weighted by Crippen LogP contribution is -2.51. The van der Waals surface area contributed by atoms with Crippen molar-refractivity contribution in [2.24, 2.45) is 0 Å². The molecule has 8 heteroatoms. The van der Waals surface area contributed by atoms with E-state index < -0.39 is 28.7 Å². The van der Waals surface area contributed by atoms with Gasteiger partial charge in [-0.25, -0.2) is 0 Å². The molecule has 3 aromatic rings. The predicted octanol–water partition coefficient (Wildman–Crippen LogP) is 5.27. The monoisotopic (exact) mass is 424 g/mol. The number of amides is 1. The molecule has 1 aromatic heterocycles. The summed E-state index contributed by atoms with van der Waals surface area (Å²) in [4.78, 5) is 13.1. The summed E-state index contributed by atoms with van der Waals surface area (Å²) in [6.07, 6.45) is 0.677. The standard InChI is InChI=1S/C23H19F3N4O/c1-15-3-5-16(6-4-15)18-13-28-30(14-18)22(9-2-10-22)21(31)29-19-8-7-17(12-27)20(11-19)23(24,25)26/h3-8,11,13-14H,2,9-10H2,1H3,(H,29,31). The van der Waals surface area contributed by atoms with Crippen LogP contribution in [0.2, 0.25) is 0 Å². The molecule has 1 heterocycles. The van der Waals surface area contributed by atoms with Gasteiger partial charge in [0.05, 0.1) is 23.4 Å². The Morgan fingerprint density at radius 1 is 1.16 bits per heavy atom. The van der Waals surface area contributed by atoms with E-state index in [0.717, 1.165) is 35.2 Å². The number of nitriles is 1. The van der Waals surface area contributed by atoms with Crippen LogP contribution in [0.25, 0.3) is 11.1 Å². The van der Waals surface area contributed by atoms with Crippen LogP contribution in [-0.4, -0.2) is 15.7 Å². The van der Waals surface area contributed by atoms with E-state index in [1.807, 2.05) is 31.2 Å². The normalized spacial score (nSPS) is 15.1. The average molecular weight is 424 g/mol. The largest absolute Gasteiger partial charge is 0.417 e. The Morgan fingerprint density at radius 2 is 1.87 bits per heavy atom. The van der Waals surface area contributed by atoms with Crippen LogP contribution in [0.15, 0.2) is 54.9 Å². The van der Waals surface area contributed by atoms with E-state index in [4.69, 9.17) is 5.26 Å². The van der Waals surface area contributed by atoms with Gasteiger partial charge in [0.25, 0.3) is 5.91 Å². The fourth-order valence-electron chi connectivity index (χ4n) is 3.73. The average Bonchev–Trinajstić information content (AvgIpc) is 3.17. The van der Waals surface area contributed by atoms with Gasteiger partial charge < -0.3 is 5.32 Å². The maximum Gasteiger partial charge on any atom is 0.417 e. The second-order valence-electron chi connectivity index (χ2n) is 7.75. The molecule has 0 atom stereocenters. The van der Waals surface area contributed by atoms with E-state index in [-0.39, 0.29) is 5.69 Å². The number of carbonyl (C=O) groups is 1. The molecule has 0 spiro atoms. The first-order valence-electron chi connectivity index (χ1n) is 9.78.